The Kier molecular flexibility index (Phi) is 6.25. The first-order chi connectivity index (χ1) is 13.0. The largest absolute Gasteiger partial charge is 0.378 e. The predicted octanol–water partition coefficient (Wildman–Crippen LogP) is 1.24. The smallest absolute Gasteiger partial charge is 0.312 e. The molecule has 1 fully saturated rings. The molecule has 1 aliphatic heterocycles. The van der Waals surface area contributed by atoms with Crippen molar-refractivity contribution in [1.29, 1.82) is 0 Å². The van der Waals surface area contributed by atoms with Crippen molar-refractivity contribution in [3.8, 4) is 0 Å². The van der Waals surface area contributed by atoms with Crippen LogP contribution in [0, 0.1) is 0 Å². The second-order valence-electron chi connectivity index (χ2n) is 5.99. The van der Waals surface area contributed by atoms with Crippen molar-refractivity contribution in [2.45, 2.75) is 9.46 Å². The fraction of sp³-hybridized carbons (Fsp3) is 0.333. The van der Waals surface area contributed by atoms with Crippen LogP contribution in [-0.2, 0) is 24.2 Å². The van der Waals surface area contributed by atoms with Gasteiger partial charge in [-0.1, -0.05) is 36.4 Å². The number of rotatable bonds is 5. The van der Waals surface area contributed by atoms with Gasteiger partial charge in [0.1, 0.15) is 9.46 Å². The van der Waals surface area contributed by atoms with Crippen molar-refractivity contribution in [1.82, 2.24) is 10.2 Å². The maximum atomic E-state index is 13.0. The summed E-state index contributed by atoms with van der Waals surface area (Å²) >= 11 is 1.13. The van der Waals surface area contributed by atoms with Crippen molar-refractivity contribution in [3.63, 3.8) is 0 Å². The lowest BCUT2D eigenvalue weighted by Gasteiger charge is -2.26. The zero-order chi connectivity index (χ0) is 19.3. The third kappa shape index (κ3) is 4.55. The Morgan fingerprint density at radius 3 is 2.44 bits per heavy atom. The van der Waals surface area contributed by atoms with E-state index in [-0.39, 0.29) is 10.8 Å². The zero-order valence-corrected chi connectivity index (χ0v) is 16.2. The number of carbonyl (C=O) groups is 2. The van der Waals surface area contributed by atoms with Gasteiger partial charge in [0, 0.05) is 19.6 Å². The van der Waals surface area contributed by atoms with Crippen LogP contribution >= 0.6 is 11.3 Å². The van der Waals surface area contributed by atoms with Gasteiger partial charge in [0.2, 0.25) is 0 Å². The zero-order valence-electron chi connectivity index (χ0n) is 14.5. The van der Waals surface area contributed by atoms with Crippen molar-refractivity contribution in [2.24, 2.45) is 0 Å². The number of ether oxygens (including phenoxy) is 1. The van der Waals surface area contributed by atoms with Gasteiger partial charge in [0.15, 0.2) is 9.84 Å². The number of morpholine rings is 1. The van der Waals surface area contributed by atoms with E-state index in [4.69, 9.17) is 4.74 Å². The molecule has 0 spiro atoms. The molecule has 27 heavy (non-hydrogen) atoms. The van der Waals surface area contributed by atoms with E-state index in [9.17, 15) is 18.0 Å². The van der Waals surface area contributed by atoms with Crippen molar-refractivity contribution < 1.29 is 22.7 Å². The highest BCUT2D eigenvalue weighted by Crippen LogP contribution is 2.31. The van der Waals surface area contributed by atoms with Gasteiger partial charge in [-0.3, -0.25) is 9.59 Å². The van der Waals surface area contributed by atoms with Gasteiger partial charge in [-0.2, -0.15) is 0 Å². The Balaban J connectivity index is 1.76. The van der Waals surface area contributed by atoms with Crippen LogP contribution in [0.15, 0.2) is 52.1 Å². The molecule has 1 aromatic heterocycles. The van der Waals surface area contributed by atoms with E-state index in [1.54, 1.807) is 41.8 Å². The molecule has 9 heteroatoms. The van der Waals surface area contributed by atoms with Gasteiger partial charge in [0.05, 0.1) is 13.2 Å². The number of sulfone groups is 1. The summed E-state index contributed by atoms with van der Waals surface area (Å²) in [6.45, 7) is 1.29. The van der Waals surface area contributed by atoms with E-state index < -0.39 is 26.9 Å². The molecule has 0 bridgehead atoms. The Hall–Kier alpha value is -2.23. The number of nitrogens with one attached hydrogen (secondary N) is 1. The number of benzene rings is 1. The van der Waals surface area contributed by atoms with E-state index in [1.807, 2.05) is 0 Å². The first-order valence-electron chi connectivity index (χ1n) is 8.47. The summed E-state index contributed by atoms with van der Waals surface area (Å²) in [5.74, 6) is -1.47. The van der Waals surface area contributed by atoms with Crippen LogP contribution in [0.25, 0.3) is 0 Å². The fourth-order valence-electron chi connectivity index (χ4n) is 2.81. The van der Waals surface area contributed by atoms with E-state index in [0.717, 1.165) is 11.3 Å². The Labute approximate surface area is 161 Å². The summed E-state index contributed by atoms with van der Waals surface area (Å²) in [7, 11) is -3.70. The molecule has 1 N–H and O–H groups in total. The molecule has 0 saturated carbocycles. The first-order valence-corrected chi connectivity index (χ1v) is 10.9. The molecular formula is C18H20N2O5S2. The third-order valence-electron chi connectivity index (χ3n) is 4.26. The highest BCUT2D eigenvalue weighted by Gasteiger charge is 2.32. The summed E-state index contributed by atoms with van der Waals surface area (Å²) in [5.41, 5.74) is 0.560. The number of carbonyl (C=O) groups excluding carboxylic acids is 2. The van der Waals surface area contributed by atoms with E-state index in [0.29, 0.717) is 31.9 Å². The van der Waals surface area contributed by atoms with Crippen LogP contribution in [0.5, 0.6) is 0 Å². The molecule has 3 rings (SSSR count). The Bertz CT molecular complexity index is 876. The normalized spacial score (nSPS) is 15.9. The minimum Gasteiger partial charge on any atom is -0.378 e. The van der Waals surface area contributed by atoms with Crippen molar-refractivity contribution >= 4 is 33.0 Å². The predicted molar refractivity (Wildman–Crippen MR) is 101 cm³/mol. The monoisotopic (exact) mass is 408 g/mol. The molecule has 2 heterocycles. The summed E-state index contributed by atoms with van der Waals surface area (Å²) in [5, 5.41) is 3.22. The SMILES string of the molecule is O=C(NC[C@@H](c1ccccc1)S(=O)(=O)c1cccs1)C(=O)N1CCOCC1. The Morgan fingerprint density at radius 2 is 1.81 bits per heavy atom. The minimum absolute atomic E-state index is 0.181. The molecule has 7 nitrogen and oxygen atoms in total. The standard InChI is InChI=1S/C18H20N2O5S2/c21-17(18(22)20-8-10-25-11-9-20)19-13-15(14-5-2-1-3-6-14)27(23,24)16-7-4-12-26-16/h1-7,12,15H,8-11,13H2,(H,19,21)/t15-/m0/s1. The van der Waals surface area contributed by atoms with Gasteiger partial charge in [-0.05, 0) is 17.0 Å². The third-order valence-corrected chi connectivity index (χ3v) is 7.79. The molecular weight excluding hydrogens is 388 g/mol. The van der Waals surface area contributed by atoms with Crippen LogP contribution in [0.4, 0.5) is 0 Å². The second kappa shape index (κ2) is 8.64. The van der Waals surface area contributed by atoms with Crippen LogP contribution in [0.2, 0.25) is 0 Å². The number of hydrogen-bond donors (Lipinski definition) is 1. The van der Waals surface area contributed by atoms with Gasteiger partial charge in [-0.25, -0.2) is 8.42 Å². The quantitative estimate of drug-likeness (QED) is 0.752. The molecule has 0 unspecified atom stereocenters. The van der Waals surface area contributed by atoms with Gasteiger partial charge >= 0.3 is 11.8 Å². The summed E-state index contributed by atoms with van der Waals surface area (Å²) in [6, 6.07) is 11.9. The molecule has 1 atom stereocenters. The maximum absolute atomic E-state index is 13.0. The molecule has 0 radical (unpaired) electrons. The number of amides is 2. The van der Waals surface area contributed by atoms with Gasteiger partial charge in [-0.15, -0.1) is 11.3 Å². The topological polar surface area (TPSA) is 92.8 Å². The summed E-state index contributed by atoms with van der Waals surface area (Å²) in [4.78, 5) is 25.9. The van der Waals surface area contributed by atoms with Crippen LogP contribution in [0.1, 0.15) is 10.8 Å². The fourth-order valence-corrected chi connectivity index (χ4v) is 5.68. The van der Waals surface area contributed by atoms with Gasteiger partial charge in [0.25, 0.3) is 0 Å². The molecule has 1 saturated heterocycles. The molecule has 1 aliphatic rings. The summed E-state index contributed by atoms with van der Waals surface area (Å²) < 4.78 is 31.4. The molecule has 2 amide bonds. The number of nitrogens with zero attached hydrogens (tertiary/aromatic N) is 1. The van der Waals surface area contributed by atoms with E-state index in [2.05, 4.69) is 5.32 Å². The molecule has 144 valence electrons. The Morgan fingerprint density at radius 1 is 1.11 bits per heavy atom. The van der Waals surface area contributed by atoms with Crippen LogP contribution < -0.4 is 5.32 Å². The molecule has 0 aliphatic carbocycles. The maximum Gasteiger partial charge on any atom is 0.312 e. The highest BCUT2D eigenvalue weighted by molar-refractivity contribution is 7.93. The van der Waals surface area contributed by atoms with Crippen molar-refractivity contribution in [2.75, 3.05) is 32.8 Å². The van der Waals surface area contributed by atoms with E-state index >= 15 is 0 Å². The lowest BCUT2D eigenvalue weighted by molar-refractivity contribution is -0.148. The van der Waals surface area contributed by atoms with E-state index in [1.165, 1.54) is 11.0 Å². The number of hydrogen-bond acceptors (Lipinski definition) is 6. The second-order valence-corrected chi connectivity index (χ2v) is 9.30. The van der Waals surface area contributed by atoms with Gasteiger partial charge < -0.3 is 15.0 Å². The lowest BCUT2D eigenvalue weighted by atomic mass is 10.1. The minimum atomic E-state index is -3.70. The lowest BCUT2D eigenvalue weighted by Crippen LogP contribution is -2.48. The van der Waals surface area contributed by atoms with Crippen LogP contribution in [-0.4, -0.2) is 58.0 Å². The highest BCUT2D eigenvalue weighted by atomic mass is 32.2. The van der Waals surface area contributed by atoms with Crippen molar-refractivity contribution in [3.05, 3.63) is 53.4 Å². The number of thiophene rings is 1. The molecule has 2 aromatic rings. The summed E-state index contributed by atoms with van der Waals surface area (Å²) in [6.07, 6.45) is 0. The first kappa shape index (κ1) is 19.5. The molecule has 1 aromatic carbocycles. The average molecular weight is 409 g/mol. The van der Waals surface area contributed by atoms with Crippen LogP contribution in [0.3, 0.4) is 0 Å². The average Bonchev–Trinajstić information content (AvgIpc) is 3.24.